The van der Waals surface area contributed by atoms with Crippen LogP contribution in [0.1, 0.15) is 124 Å². The molecule has 1 aliphatic heterocycles. The molecule has 13 heteroatoms. The van der Waals surface area contributed by atoms with Gasteiger partial charge in [0.25, 0.3) is 8.32 Å². The number of benzene rings is 2. The van der Waals surface area contributed by atoms with E-state index in [2.05, 4.69) is 105 Å². The van der Waals surface area contributed by atoms with E-state index in [9.17, 15) is 4.79 Å². The number of hydrogen-bond donors (Lipinski definition) is 2. The number of anilines is 1. The van der Waals surface area contributed by atoms with Crippen LogP contribution >= 0.6 is 11.6 Å². The lowest BCUT2D eigenvalue weighted by Gasteiger charge is -2.42. The van der Waals surface area contributed by atoms with Crippen molar-refractivity contribution >= 4 is 54.8 Å². The van der Waals surface area contributed by atoms with Crippen LogP contribution in [0.25, 0.3) is 5.65 Å². The van der Waals surface area contributed by atoms with Crippen molar-refractivity contribution in [1.29, 1.82) is 0 Å². The number of hydrogen-bond acceptors (Lipinski definition) is 8. The molecule has 1 saturated heterocycles. The number of amidine groups is 1. The highest BCUT2D eigenvalue weighted by Gasteiger charge is 2.47. The topological polar surface area (TPSA) is 118 Å². The number of ether oxygens (including phenoxy) is 1. The van der Waals surface area contributed by atoms with Crippen molar-refractivity contribution in [3.8, 4) is 11.5 Å². The van der Waals surface area contributed by atoms with Crippen LogP contribution < -0.4 is 24.7 Å². The van der Waals surface area contributed by atoms with Crippen LogP contribution in [0.2, 0.25) is 21.6 Å². The van der Waals surface area contributed by atoms with Gasteiger partial charge in [-0.3, -0.25) is 14.7 Å². The number of rotatable bonds is 12. The Morgan fingerprint density at radius 1 is 0.931 bits per heavy atom. The predicted molar refractivity (Wildman–Crippen MR) is 240 cm³/mol. The van der Waals surface area contributed by atoms with Crippen molar-refractivity contribution in [2.45, 2.75) is 130 Å². The van der Waals surface area contributed by atoms with Crippen LogP contribution in [0.15, 0.2) is 70.8 Å². The molecule has 6 rings (SSSR count). The fourth-order valence-corrected chi connectivity index (χ4v) is 14.5. The molecule has 2 aromatic heterocycles. The smallest absolute Gasteiger partial charge is 0.320 e. The monoisotopic (exact) mass is 826 g/mol. The van der Waals surface area contributed by atoms with Crippen LogP contribution in [0.4, 0.5) is 16.4 Å². The van der Waals surface area contributed by atoms with Gasteiger partial charge in [0.15, 0.2) is 5.65 Å². The zero-order chi connectivity index (χ0) is 41.8. The van der Waals surface area contributed by atoms with E-state index >= 15 is 0 Å². The van der Waals surface area contributed by atoms with Gasteiger partial charge >= 0.3 is 6.03 Å². The van der Waals surface area contributed by atoms with Crippen molar-refractivity contribution < 1.29 is 14.0 Å². The van der Waals surface area contributed by atoms with Crippen molar-refractivity contribution in [3.63, 3.8) is 0 Å². The number of carbonyl (C=O) groups excluding carboxylic acids is 1. The predicted octanol–water partition coefficient (Wildman–Crippen LogP) is 11.4. The highest BCUT2D eigenvalue weighted by molar-refractivity contribution is 6.78. The quantitative estimate of drug-likeness (QED) is 0.0834. The first kappa shape index (κ1) is 43.2. The Kier molecular flexibility index (Phi) is 13.6. The van der Waals surface area contributed by atoms with Gasteiger partial charge in [0.05, 0.1) is 22.9 Å². The summed E-state index contributed by atoms with van der Waals surface area (Å²) in [6, 6.07) is 17.2. The van der Waals surface area contributed by atoms with Gasteiger partial charge in [-0.1, -0.05) is 98.2 Å². The molecule has 312 valence electrons. The lowest BCUT2D eigenvalue weighted by Crippen LogP contribution is -2.50. The minimum atomic E-state index is -2.29. The van der Waals surface area contributed by atoms with Crippen LogP contribution in [-0.2, 0) is 0 Å². The molecule has 0 bridgehead atoms. The minimum absolute atomic E-state index is 0.179. The number of amides is 2. The molecule has 11 nitrogen and oxygen atoms in total. The van der Waals surface area contributed by atoms with Gasteiger partial charge in [-0.2, -0.15) is 0 Å². The summed E-state index contributed by atoms with van der Waals surface area (Å²) in [6.45, 7) is 21.8. The first-order valence-corrected chi connectivity index (χ1v) is 23.6. The molecular weight excluding hydrogens is 764 g/mol. The third-order valence-corrected chi connectivity index (χ3v) is 18.2. The maximum atomic E-state index is 14.0. The van der Waals surface area contributed by atoms with E-state index in [1.165, 1.54) is 6.42 Å². The highest BCUT2D eigenvalue weighted by Crippen LogP contribution is 2.45. The molecule has 4 aromatic rings. The van der Waals surface area contributed by atoms with Crippen LogP contribution in [0.5, 0.6) is 11.5 Å². The van der Waals surface area contributed by atoms with Gasteiger partial charge in [0, 0.05) is 43.8 Å². The Morgan fingerprint density at radius 2 is 1.62 bits per heavy atom. The number of piperidine rings is 1. The number of aliphatic imine (C=N–C) groups is 2. The van der Waals surface area contributed by atoms with Crippen molar-refractivity contribution in [1.82, 2.24) is 25.2 Å². The zero-order valence-electron chi connectivity index (χ0n) is 36.1. The summed E-state index contributed by atoms with van der Waals surface area (Å²) in [4.78, 5) is 25.9. The fourth-order valence-electron chi connectivity index (χ4n) is 9.04. The molecule has 2 atom stereocenters. The lowest BCUT2D eigenvalue weighted by molar-refractivity contribution is 0.171. The largest absolute Gasteiger partial charge is 0.542 e. The molecule has 3 heterocycles. The normalized spacial score (nSPS) is 18.2. The first-order chi connectivity index (χ1) is 27.6. The van der Waals surface area contributed by atoms with E-state index < -0.39 is 8.32 Å². The third kappa shape index (κ3) is 9.54. The van der Waals surface area contributed by atoms with Gasteiger partial charge in [0.1, 0.15) is 23.4 Å². The minimum Gasteiger partial charge on any atom is -0.542 e. The van der Waals surface area contributed by atoms with E-state index in [-0.39, 0.29) is 23.6 Å². The molecular formula is C45H63ClN8O3Si. The molecule has 0 saturated carbocycles. The van der Waals surface area contributed by atoms with E-state index in [0.717, 1.165) is 66.5 Å². The maximum Gasteiger partial charge on any atom is 0.320 e. The Balaban J connectivity index is 1.22. The zero-order valence-corrected chi connectivity index (χ0v) is 37.9. The van der Waals surface area contributed by atoms with Gasteiger partial charge in [-0.05, 0) is 84.1 Å². The van der Waals surface area contributed by atoms with Crippen molar-refractivity contribution in [2.75, 3.05) is 25.0 Å². The number of fused-ring (bicyclic) bond motifs is 2. The average molecular weight is 828 g/mol. The molecule has 2 aliphatic rings. The van der Waals surface area contributed by atoms with Gasteiger partial charge in [-0.15, -0.1) is 10.2 Å². The van der Waals surface area contributed by atoms with Crippen molar-refractivity contribution in [2.24, 2.45) is 15.4 Å². The first-order valence-electron chi connectivity index (χ1n) is 21.1. The lowest BCUT2D eigenvalue weighted by atomic mass is 9.85. The number of pyridine rings is 1. The van der Waals surface area contributed by atoms with Gasteiger partial charge in [-0.25, -0.2) is 9.79 Å². The van der Waals surface area contributed by atoms with Crippen LogP contribution in [0.3, 0.4) is 0 Å². The molecule has 0 radical (unpaired) electrons. The molecule has 1 aliphatic carbocycles. The van der Waals surface area contributed by atoms with E-state index in [1.54, 1.807) is 7.05 Å². The Hall–Kier alpha value is -4.42. The van der Waals surface area contributed by atoms with E-state index in [1.807, 2.05) is 53.1 Å². The van der Waals surface area contributed by atoms with Crippen LogP contribution in [-0.4, -0.2) is 60.6 Å². The molecule has 2 amide bonds. The summed E-state index contributed by atoms with van der Waals surface area (Å²) in [7, 11) is -0.505. The summed E-state index contributed by atoms with van der Waals surface area (Å²) >= 11 is 6.80. The fraction of sp³-hybridized carbons (Fsp3) is 0.533. The summed E-state index contributed by atoms with van der Waals surface area (Å²) < 4.78 is 15.7. The number of urea groups is 1. The second-order valence-corrected chi connectivity index (χ2v) is 23.6. The SMILES string of the molecule is CN=C(CC(=Nc1ccc(Cl)c(O[Si](C(C)C)(C(C)C)C(C)C)c1)NC(=O)NC1CCC(Oc2ccc3nnc(N4CCCCC4)n3c2)c2ccccc21)C(C)(C)C. The second kappa shape index (κ2) is 18.2. The number of halogens is 1. The Morgan fingerprint density at radius 3 is 2.28 bits per heavy atom. The van der Waals surface area contributed by atoms with Crippen LogP contribution in [0, 0.1) is 5.41 Å². The Labute approximate surface area is 351 Å². The molecule has 2 N–H and O–H groups in total. The number of aromatic nitrogens is 3. The summed E-state index contributed by atoms with van der Waals surface area (Å²) in [5.41, 5.74) is 5.34. The molecule has 58 heavy (non-hydrogen) atoms. The standard InChI is InChI=1S/C45H63ClN8O3Si/c1-29(2)58(30(3)4,31(5)6)57-39-26-32(18-20-36(39)46)48-41(27-40(47-10)45(7,8)9)50-43(55)49-37-21-22-38(35-17-13-12-16-34(35)37)56-33-19-23-42-51-52-44(54(42)28-33)53-24-14-11-15-25-53/h12-13,16-20,23,26,28-31,37-38H,11,14-15,21-22,24-25,27H2,1-10H3,(H2,48,49,50,55). The molecule has 2 aromatic carbocycles. The Bertz CT molecular complexity index is 2100. The average Bonchev–Trinajstić information content (AvgIpc) is 3.60. The highest BCUT2D eigenvalue weighted by atomic mass is 35.5. The maximum absolute atomic E-state index is 14.0. The second-order valence-electron chi connectivity index (χ2n) is 17.8. The van der Waals surface area contributed by atoms with Crippen molar-refractivity contribution in [3.05, 3.63) is 76.9 Å². The molecule has 0 spiro atoms. The van der Waals surface area contributed by atoms with E-state index in [4.69, 9.17) is 25.8 Å². The third-order valence-electron chi connectivity index (χ3n) is 11.9. The summed E-state index contributed by atoms with van der Waals surface area (Å²) in [5.74, 6) is 2.73. The summed E-state index contributed by atoms with van der Waals surface area (Å²) in [5, 5.41) is 15.9. The van der Waals surface area contributed by atoms with E-state index in [0.29, 0.717) is 51.8 Å². The molecule has 2 unspecified atom stereocenters. The summed E-state index contributed by atoms with van der Waals surface area (Å²) in [6.07, 6.45) is 7.17. The van der Waals surface area contributed by atoms with Gasteiger partial charge < -0.3 is 19.4 Å². The number of carbonyl (C=O) groups is 1. The number of nitrogens with one attached hydrogen (secondary N) is 2. The number of nitrogens with zero attached hydrogens (tertiary/aromatic N) is 6. The molecule has 1 fully saturated rings. The van der Waals surface area contributed by atoms with Gasteiger partial charge in [0.2, 0.25) is 5.95 Å².